The normalized spacial score (nSPS) is 15.5. The molecule has 0 aliphatic heterocycles. The lowest BCUT2D eigenvalue weighted by Crippen LogP contribution is -2.45. The number of carbonyl (C=O) groups is 1. The summed E-state index contributed by atoms with van der Waals surface area (Å²) >= 11 is 0. The smallest absolute Gasteiger partial charge is 0.252 e. The van der Waals surface area contributed by atoms with Crippen LogP contribution in [0.4, 0.5) is 0 Å². The predicted molar refractivity (Wildman–Crippen MR) is 85.7 cm³/mol. The fourth-order valence-corrected chi connectivity index (χ4v) is 2.41. The highest BCUT2D eigenvalue weighted by Crippen LogP contribution is 2.20. The van der Waals surface area contributed by atoms with Gasteiger partial charge in [0.2, 0.25) is 0 Å². The number of aliphatic hydroxyl groups is 1. The van der Waals surface area contributed by atoms with Crippen molar-refractivity contribution in [3.8, 4) is 0 Å². The van der Waals surface area contributed by atoms with Gasteiger partial charge in [0.25, 0.3) is 5.91 Å². The Balaban J connectivity index is 2.15. The highest BCUT2D eigenvalue weighted by Gasteiger charge is 2.27. The lowest BCUT2D eigenvalue weighted by Gasteiger charge is -2.29. The van der Waals surface area contributed by atoms with Crippen molar-refractivity contribution in [2.45, 2.75) is 39.7 Å². The van der Waals surface area contributed by atoms with Crippen molar-refractivity contribution in [1.29, 1.82) is 0 Å². The molecule has 2 N–H and O–H groups in total. The van der Waals surface area contributed by atoms with Crippen molar-refractivity contribution in [1.82, 2.24) is 20.1 Å². The molecule has 0 saturated heterocycles. The zero-order chi connectivity index (χ0) is 16.5. The second-order valence-corrected chi connectivity index (χ2v) is 6.15. The topological polar surface area (TPSA) is 80.0 Å². The molecule has 2 heterocycles. The molecule has 0 saturated carbocycles. The molecule has 0 radical (unpaired) electrons. The molecule has 0 bridgehead atoms. The third-order valence-electron chi connectivity index (χ3n) is 4.41. The second kappa shape index (κ2) is 6.04. The first-order valence-corrected chi connectivity index (χ1v) is 7.56. The minimum absolute atomic E-state index is 0.106. The number of pyridine rings is 1. The maximum Gasteiger partial charge on any atom is 0.252 e. The number of amides is 1. The molecule has 1 amide bonds. The van der Waals surface area contributed by atoms with E-state index in [2.05, 4.69) is 15.4 Å². The molecule has 0 aliphatic rings. The zero-order valence-electron chi connectivity index (χ0n) is 13.8. The number of carbonyl (C=O) groups excluding carboxylic acids is 1. The molecule has 2 aromatic rings. The molecular weight excluding hydrogens is 280 g/mol. The van der Waals surface area contributed by atoms with Crippen molar-refractivity contribution in [3.63, 3.8) is 0 Å². The molecule has 22 heavy (non-hydrogen) atoms. The number of rotatable bonds is 5. The van der Waals surface area contributed by atoms with Crippen LogP contribution in [0.1, 0.15) is 43.2 Å². The Bertz CT molecular complexity index is 691. The average Bonchev–Trinajstić information content (AvgIpc) is 2.78. The lowest BCUT2D eigenvalue weighted by atomic mass is 9.88. The summed E-state index contributed by atoms with van der Waals surface area (Å²) in [5.41, 5.74) is 1.14. The summed E-state index contributed by atoms with van der Waals surface area (Å²) in [5.74, 6) is -0.129. The van der Waals surface area contributed by atoms with E-state index in [0.29, 0.717) is 5.56 Å². The molecule has 0 spiro atoms. The number of nitrogens with zero attached hydrogens (tertiary/aromatic N) is 3. The first kappa shape index (κ1) is 16.4. The Hall–Kier alpha value is -1.95. The summed E-state index contributed by atoms with van der Waals surface area (Å²) in [4.78, 5) is 16.6. The summed E-state index contributed by atoms with van der Waals surface area (Å²) in [6.45, 7) is 7.83. The van der Waals surface area contributed by atoms with Gasteiger partial charge in [0.1, 0.15) is 0 Å². The average molecular weight is 304 g/mol. The van der Waals surface area contributed by atoms with E-state index in [-0.39, 0.29) is 18.4 Å². The van der Waals surface area contributed by atoms with Crippen LogP contribution in [0, 0.1) is 12.8 Å². The molecule has 120 valence electrons. The van der Waals surface area contributed by atoms with Gasteiger partial charge in [-0.05, 0) is 25.8 Å². The predicted octanol–water partition coefficient (Wildman–Crippen LogP) is 1.80. The number of aromatic nitrogens is 3. The number of nitrogens with one attached hydrogen (secondary N) is 1. The van der Waals surface area contributed by atoms with Gasteiger partial charge < -0.3 is 10.4 Å². The first-order valence-electron chi connectivity index (χ1n) is 7.56. The van der Waals surface area contributed by atoms with Gasteiger partial charge in [-0.25, -0.2) is 4.98 Å². The summed E-state index contributed by atoms with van der Waals surface area (Å²) in [7, 11) is 1.82. The van der Waals surface area contributed by atoms with Crippen LogP contribution in [-0.2, 0) is 7.05 Å². The summed E-state index contributed by atoms with van der Waals surface area (Å²) in [6.07, 6.45) is 2.39. The van der Waals surface area contributed by atoms with Gasteiger partial charge in [-0.1, -0.05) is 20.3 Å². The van der Waals surface area contributed by atoms with Crippen LogP contribution in [-0.4, -0.2) is 37.9 Å². The van der Waals surface area contributed by atoms with Crippen molar-refractivity contribution in [3.05, 3.63) is 23.5 Å². The quantitative estimate of drug-likeness (QED) is 0.883. The van der Waals surface area contributed by atoms with Gasteiger partial charge >= 0.3 is 0 Å². The van der Waals surface area contributed by atoms with Crippen molar-refractivity contribution in [2.24, 2.45) is 13.0 Å². The molecule has 0 aromatic carbocycles. The molecule has 6 heteroatoms. The van der Waals surface area contributed by atoms with Crippen LogP contribution < -0.4 is 5.32 Å². The van der Waals surface area contributed by atoms with E-state index in [1.165, 1.54) is 6.20 Å². The molecule has 2 rings (SSSR count). The lowest BCUT2D eigenvalue weighted by molar-refractivity contribution is 0.00592. The molecule has 2 atom stereocenters. The number of hydrogen-bond acceptors (Lipinski definition) is 4. The largest absolute Gasteiger partial charge is 0.388 e. The van der Waals surface area contributed by atoms with Crippen LogP contribution in [0.2, 0.25) is 0 Å². The third-order valence-corrected chi connectivity index (χ3v) is 4.41. The molecule has 0 aliphatic carbocycles. The van der Waals surface area contributed by atoms with E-state index in [9.17, 15) is 9.90 Å². The van der Waals surface area contributed by atoms with E-state index < -0.39 is 5.60 Å². The molecule has 2 unspecified atom stereocenters. The highest BCUT2D eigenvalue weighted by atomic mass is 16.3. The van der Waals surface area contributed by atoms with Crippen LogP contribution in [0.25, 0.3) is 11.0 Å². The molecular formula is C16H24N4O2. The molecule has 0 fully saturated rings. The fraction of sp³-hybridized carbons (Fsp3) is 0.562. The first-order chi connectivity index (χ1) is 10.3. The number of aryl methyl sites for hydroxylation is 2. The Kier molecular flexibility index (Phi) is 4.51. The standard InChI is InChI=1S/C16H24N4O2/c1-6-10(2)16(4,22)9-18-15(21)12-7-13-11(3)19-20(5)14(13)17-8-12/h7-8,10,22H,6,9H2,1-5H3,(H,18,21). The summed E-state index contributed by atoms with van der Waals surface area (Å²) < 4.78 is 1.69. The Morgan fingerprint density at radius 2 is 2.23 bits per heavy atom. The summed E-state index contributed by atoms with van der Waals surface area (Å²) in [6, 6.07) is 1.79. The van der Waals surface area contributed by atoms with Gasteiger partial charge in [-0.15, -0.1) is 0 Å². The highest BCUT2D eigenvalue weighted by molar-refractivity contribution is 5.97. The van der Waals surface area contributed by atoms with Gasteiger partial charge in [-0.2, -0.15) is 5.10 Å². The third kappa shape index (κ3) is 3.11. The van der Waals surface area contributed by atoms with E-state index in [1.54, 1.807) is 17.7 Å². The minimum atomic E-state index is -0.924. The van der Waals surface area contributed by atoms with E-state index in [1.807, 2.05) is 27.8 Å². The molecule has 2 aromatic heterocycles. The van der Waals surface area contributed by atoms with Gasteiger partial charge in [0.05, 0.1) is 16.9 Å². The number of hydrogen-bond donors (Lipinski definition) is 2. The van der Waals surface area contributed by atoms with Crippen LogP contribution in [0.15, 0.2) is 12.3 Å². The van der Waals surface area contributed by atoms with Crippen molar-refractivity contribution in [2.75, 3.05) is 6.54 Å². The van der Waals surface area contributed by atoms with Crippen LogP contribution >= 0.6 is 0 Å². The van der Waals surface area contributed by atoms with Crippen LogP contribution in [0.3, 0.4) is 0 Å². The Morgan fingerprint density at radius 3 is 2.86 bits per heavy atom. The van der Waals surface area contributed by atoms with E-state index in [4.69, 9.17) is 0 Å². The Morgan fingerprint density at radius 1 is 1.55 bits per heavy atom. The fourth-order valence-electron chi connectivity index (χ4n) is 2.41. The minimum Gasteiger partial charge on any atom is -0.388 e. The Labute approximate surface area is 130 Å². The van der Waals surface area contributed by atoms with Crippen LogP contribution in [0.5, 0.6) is 0 Å². The maximum atomic E-state index is 12.3. The van der Waals surface area contributed by atoms with Crippen molar-refractivity contribution < 1.29 is 9.90 Å². The summed E-state index contributed by atoms with van der Waals surface area (Å²) in [5, 5.41) is 18.3. The second-order valence-electron chi connectivity index (χ2n) is 6.15. The SMILES string of the molecule is CCC(C)C(C)(O)CNC(=O)c1cnc2c(c1)c(C)nn2C. The van der Waals surface area contributed by atoms with E-state index in [0.717, 1.165) is 23.1 Å². The van der Waals surface area contributed by atoms with Gasteiger partial charge in [-0.3, -0.25) is 9.48 Å². The monoisotopic (exact) mass is 304 g/mol. The van der Waals surface area contributed by atoms with Crippen molar-refractivity contribution >= 4 is 16.9 Å². The number of fused-ring (bicyclic) bond motifs is 1. The van der Waals surface area contributed by atoms with E-state index >= 15 is 0 Å². The van der Waals surface area contributed by atoms with Gasteiger partial charge in [0.15, 0.2) is 5.65 Å². The maximum absolute atomic E-state index is 12.3. The zero-order valence-corrected chi connectivity index (χ0v) is 13.8. The van der Waals surface area contributed by atoms with Gasteiger partial charge in [0, 0.05) is 25.2 Å². The molecule has 6 nitrogen and oxygen atoms in total.